The molecule has 0 atom stereocenters. The van der Waals surface area contributed by atoms with Crippen LogP contribution < -0.4 is 14.2 Å². The Balaban J connectivity index is 2.27. The van der Waals surface area contributed by atoms with Crippen LogP contribution in [-0.2, 0) is 0 Å². The minimum Gasteiger partial charge on any atom is -0.496 e. The molecule has 0 aromatic heterocycles. The van der Waals surface area contributed by atoms with E-state index in [1.54, 1.807) is 45.6 Å². The summed E-state index contributed by atoms with van der Waals surface area (Å²) >= 11 is 3.41. The molecular weight excluding hydrogens is 420 g/mol. The fourth-order valence-electron chi connectivity index (χ4n) is 3.20. The van der Waals surface area contributed by atoms with Gasteiger partial charge in [-0.3, -0.25) is 4.79 Å². The summed E-state index contributed by atoms with van der Waals surface area (Å²) in [4.78, 5) is 13.3. The summed E-state index contributed by atoms with van der Waals surface area (Å²) in [5, 5.41) is 0. The molecule has 0 spiro atoms. The van der Waals surface area contributed by atoms with Gasteiger partial charge in [-0.2, -0.15) is 0 Å². The number of methoxy groups -OCH3 is 3. The first kappa shape index (κ1) is 20.0. The van der Waals surface area contributed by atoms with Crippen molar-refractivity contribution in [1.29, 1.82) is 0 Å². The molecule has 0 saturated carbocycles. The van der Waals surface area contributed by atoms with Crippen LogP contribution in [0.5, 0.6) is 17.2 Å². The summed E-state index contributed by atoms with van der Waals surface area (Å²) < 4.78 is 17.5. The number of halogens is 1. The average Bonchev–Trinajstić information content (AvgIpc) is 2.72. The monoisotopic (exact) mass is 440 g/mol. The molecule has 3 aromatic carbocycles. The molecule has 3 aromatic rings. The Morgan fingerprint density at radius 2 is 1.43 bits per heavy atom. The van der Waals surface area contributed by atoms with Gasteiger partial charge in [0.15, 0.2) is 5.78 Å². The van der Waals surface area contributed by atoms with E-state index in [-0.39, 0.29) is 5.78 Å². The first-order valence-electron chi connectivity index (χ1n) is 8.70. The van der Waals surface area contributed by atoms with Crippen molar-refractivity contribution in [3.8, 4) is 28.4 Å². The van der Waals surface area contributed by atoms with Crippen LogP contribution in [0.3, 0.4) is 0 Å². The van der Waals surface area contributed by atoms with Gasteiger partial charge in [0, 0.05) is 33.3 Å². The highest BCUT2D eigenvalue weighted by Crippen LogP contribution is 2.44. The number of rotatable bonds is 6. The maximum absolute atomic E-state index is 13.3. The Morgan fingerprint density at radius 1 is 0.821 bits per heavy atom. The second-order valence-electron chi connectivity index (χ2n) is 6.24. The number of carbonyl (C=O) groups is 1. The first-order valence-corrected chi connectivity index (χ1v) is 9.49. The Bertz CT molecular complexity index is 985. The van der Waals surface area contributed by atoms with Crippen molar-refractivity contribution in [2.75, 3.05) is 21.3 Å². The van der Waals surface area contributed by atoms with Crippen LogP contribution in [0.15, 0.2) is 59.1 Å². The standard InChI is InChI=1S/C23H21BrO4/c1-14-6-5-7-18(23(25)15-8-10-16(24)11-9-15)21(14)22-19(27-3)12-17(26-2)13-20(22)28-4/h5-13H,1-4H3. The molecule has 0 aliphatic carbocycles. The molecule has 0 aliphatic heterocycles. The Labute approximate surface area is 173 Å². The number of benzene rings is 3. The molecule has 144 valence electrons. The van der Waals surface area contributed by atoms with Crippen molar-refractivity contribution in [2.24, 2.45) is 0 Å². The molecule has 0 fully saturated rings. The van der Waals surface area contributed by atoms with E-state index >= 15 is 0 Å². The van der Waals surface area contributed by atoms with Gasteiger partial charge in [-0.1, -0.05) is 34.1 Å². The van der Waals surface area contributed by atoms with Crippen LogP contribution in [0.2, 0.25) is 0 Å². The van der Waals surface area contributed by atoms with E-state index in [9.17, 15) is 4.79 Å². The highest BCUT2D eigenvalue weighted by Gasteiger charge is 2.23. The molecule has 4 nitrogen and oxygen atoms in total. The van der Waals surface area contributed by atoms with E-state index in [0.29, 0.717) is 28.4 Å². The summed E-state index contributed by atoms with van der Waals surface area (Å²) in [6.45, 7) is 1.97. The van der Waals surface area contributed by atoms with E-state index in [4.69, 9.17) is 14.2 Å². The SMILES string of the molecule is COc1cc(OC)c(-c2c(C)cccc2C(=O)c2ccc(Br)cc2)c(OC)c1. The van der Waals surface area contributed by atoms with Crippen molar-refractivity contribution >= 4 is 21.7 Å². The normalized spacial score (nSPS) is 10.5. The zero-order valence-corrected chi connectivity index (χ0v) is 17.8. The van der Waals surface area contributed by atoms with Gasteiger partial charge in [-0.05, 0) is 36.8 Å². The lowest BCUT2D eigenvalue weighted by atomic mass is 9.89. The molecule has 0 radical (unpaired) electrons. The number of carbonyl (C=O) groups excluding carboxylic acids is 1. The Kier molecular flexibility index (Phi) is 6.05. The van der Waals surface area contributed by atoms with Gasteiger partial charge < -0.3 is 14.2 Å². The Hall–Kier alpha value is -2.79. The number of ketones is 1. The zero-order chi connectivity index (χ0) is 20.3. The zero-order valence-electron chi connectivity index (χ0n) is 16.2. The van der Waals surface area contributed by atoms with Gasteiger partial charge in [-0.25, -0.2) is 0 Å². The van der Waals surface area contributed by atoms with Gasteiger partial charge >= 0.3 is 0 Å². The summed E-state index contributed by atoms with van der Waals surface area (Å²) in [7, 11) is 4.77. The van der Waals surface area contributed by atoms with E-state index < -0.39 is 0 Å². The molecule has 0 amide bonds. The van der Waals surface area contributed by atoms with Crippen LogP contribution in [0.4, 0.5) is 0 Å². The molecule has 0 bridgehead atoms. The smallest absolute Gasteiger partial charge is 0.193 e. The van der Waals surface area contributed by atoms with Gasteiger partial charge in [-0.15, -0.1) is 0 Å². The molecule has 0 heterocycles. The van der Waals surface area contributed by atoms with Crippen LogP contribution in [0.25, 0.3) is 11.1 Å². The lowest BCUT2D eigenvalue weighted by Gasteiger charge is -2.19. The minimum absolute atomic E-state index is 0.0638. The molecule has 3 rings (SSSR count). The second kappa shape index (κ2) is 8.48. The Morgan fingerprint density at radius 3 is 1.96 bits per heavy atom. The maximum atomic E-state index is 13.3. The van der Waals surface area contributed by atoms with E-state index in [2.05, 4.69) is 15.9 Å². The van der Waals surface area contributed by atoms with Gasteiger partial charge in [0.2, 0.25) is 0 Å². The second-order valence-corrected chi connectivity index (χ2v) is 7.16. The summed E-state index contributed by atoms with van der Waals surface area (Å²) in [6, 6.07) is 16.6. The number of aryl methyl sites for hydroxylation is 1. The first-order chi connectivity index (χ1) is 13.5. The van der Waals surface area contributed by atoms with Gasteiger partial charge in [0.1, 0.15) is 17.2 Å². The van der Waals surface area contributed by atoms with Crippen molar-refractivity contribution in [1.82, 2.24) is 0 Å². The van der Waals surface area contributed by atoms with Crippen LogP contribution >= 0.6 is 15.9 Å². The van der Waals surface area contributed by atoms with Crippen molar-refractivity contribution < 1.29 is 19.0 Å². The minimum atomic E-state index is -0.0638. The number of hydrogen-bond donors (Lipinski definition) is 0. The summed E-state index contributed by atoms with van der Waals surface area (Å²) in [5.41, 5.74) is 3.66. The van der Waals surface area contributed by atoms with Crippen LogP contribution in [0, 0.1) is 6.92 Å². The summed E-state index contributed by atoms with van der Waals surface area (Å²) in [6.07, 6.45) is 0. The van der Waals surface area contributed by atoms with Crippen molar-refractivity contribution in [2.45, 2.75) is 6.92 Å². The quantitative estimate of drug-likeness (QED) is 0.462. The highest BCUT2D eigenvalue weighted by molar-refractivity contribution is 9.10. The lowest BCUT2D eigenvalue weighted by Crippen LogP contribution is -2.06. The number of hydrogen-bond acceptors (Lipinski definition) is 4. The molecule has 0 unspecified atom stereocenters. The molecule has 5 heteroatoms. The largest absolute Gasteiger partial charge is 0.496 e. The average molecular weight is 441 g/mol. The fraction of sp³-hybridized carbons (Fsp3) is 0.174. The molecule has 28 heavy (non-hydrogen) atoms. The topological polar surface area (TPSA) is 44.8 Å². The highest BCUT2D eigenvalue weighted by atomic mass is 79.9. The third kappa shape index (κ3) is 3.76. The molecule has 0 N–H and O–H groups in total. The third-order valence-electron chi connectivity index (χ3n) is 4.59. The maximum Gasteiger partial charge on any atom is 0.193 e. The fourth-order valence-corrected chi connectivity index (χ4v) is 3.46. The molecule has 0 saturated heterocycles. The van der Waals surface area contributed by atoms with Gasteiger partial charge in [0.05, 0.1) is 26.9 Å². The van der Waals surface area contributed by atoms with Gasteiger partial charge in [0.25, 0.3) is 0 Å². The van der Waals surface area contributed by atoms with Crippen LogP contribution in [-0.4, -0.2) is 27.1 Å². The predicted octanol–water partition coefficient (Wildman–Crippen LogP) is 5.68. The summed E-state index contributed by atoms with van der Waals surface area (Å²) in [5.74, 6) is 1.71. The van der Waals surface area contributed by atoms with Crippen molar-refractivity contribution in [3.63, 3.8) is 0 Å². The van der Waals surface area contributed by atoms with Crippen LogP contribution in [0.1, 0.15) is 21.5 Å². The lowest BCUT2D eigenvalue weighted by molar-refractivity contribution is 0.103. The molecule has 0 aliphatic rings. The van der Waals surface area contributed by atoms with E-state index in [1.807, 2.05) is 37.3 Å². The third-order valence-corrected chi connectivity index (χ3v) is 5.12. The van der Waals surface area contributed by atoms with E-state index in [1.165, 1.54) is 0 Å². The van der Waals surface area contributed by atoms with E-state index in [0.717, 1.165) is 21.2 Å². The predicted molar refractivity (Wildman–Crippen MR) is 114 cm³/mol. The number of ether oxygens (including phenoxy) is 3. The molecular formula is C23H21BrO4. The van der Waals surface area contributed by atoms with Crippen molar-refractivity contribution in [3.05, 3.63) is 75.8 Å².